The number of carbonyl (C=O) groups excluding carboxylic acids is 1. The lowest BCUT2D eigenvalue weighted by molar-refractivity contribution is -0.121. The maximum atomic E-state index is 12.0. The van der Waals surface area contributed by atoms with Crippen LogP contribution < -0.4 is 5.32 Å². The van der Waals surface area contributed by atoms with Gasteiger partial charge in [-0.2, -0.15) is 0 Å². The molecule has 1 aromatic rings. The van der Waals surface area contributed by atoms with Crippen molar-refractivity contribution in [1.82, 2.24) is 5.32 Å². The van der Waals surface area contributed by atoms with Gasteiger partial charge in [0, 0.05) is 16.2 Å². The van der Waals surface area contributed by atoms with E-state index in [0.717, 1.165) is 6.42 Å². The zero-order chi connectivity index (χ0) is 13.6. The molecule has 0 unspecified atom stereocenters. The quantitative estimate of drug-likeness (QED) is 0.747. The number of para-hydroxylation sites is 1. The highest BCUT2D eigenvalue weighted by Crippen LogP contribution is 2.19. The third kappa shape index (κ3) is 3.99. The van der Waals surface area contributed by atoms with Gasteiger partial charge in [-0.1, -0.05) is 57.0 Å². The Hall–Kier alpha value is -0.550. The summed E-state index contributed by atoms with van der Waals surface area (Å²) in [5.74, 6) is 0.0738. The number of carbonyl (C=O) groups is 1. The predicted octanol–water partition coefficient (Wildman–Crippen LogP) is 2.99. The number of hydrogen-bond donors (Lipinski definition) is 2. The Morgan fingerprint density at radius 3 is 2.44 bits per heavy atom. The molecule has 1 rings (SSSR count). The molecule has 0 heterocycles. The summed E-state index contributed by atoms with van der Waals surface area (Å²) < 4.78 is 0. The third-order valence-corrected chi connectivity index (χ3v) is 5.08. The number of rotatable bonds is 6. The standard InChI is InChI=1S/C13H17Br2NO2/c1-2-13(8-14,9-15)16-12(18)7-10-5-3-4-6-11(10)17/h3-6,17H,2,7-9H2,1H3,(H,16,18). The molecule has 1 amide bonds. The third-order valence-electron chi connectivity index (χ3n) is 2.94. The van der Waals surface area contributed by atoms with Gasteiger partial charge in [-0.05, 0) is 12.5 Å². The highest BCUT2D eigenvalue weighted by Gasteiger charge is 2.27. The van der Waals surface area contributed by atoms with Crippen LogP contribution in [0.1, 0.15) is 18.9 Å². The first-order valence-electron chi connectivity index (χ1n) is 5.76. The predicted molar refractivity (Wildman–Crippen MR) is 80.6 cm³/mol. The van der Waals surface area contributed by atoms with Gasteiger partial charge in [-0.3, -0.25) is 4.79 Å². The average molecular weight is 379 g/mol. The van der Waals surface area contributed by atoms with Crippen molar-refractivity contribution in [2.24, 2.45) is 0 Å². The van der Waals surface area contributed by atoms with E-state index in [-0.39, 0.29) is 23.6 Å². The fourth-order valence-electron chi connectivity index (χ4n) is 1.55. The van der Waals surface area contributed by atoms with Crippen LogP contribution in [-0.4, -0.2) is 27.2 Å². The minimum absolute atomic E-state index is 0.0859. The van der Waals surface area contributed by atoms with Gasteiger partial charge in [-0.25, -0.2) is 0 Å². The molecule has 0 radical (unpaired) electrons. The maximum absolute atomic E-state index is 12.0. The molecular formula is C13H17Br2NO2. The molecule has 0 saturated heterocycles. The number of halogens is 2. The lowest BCUT2D eigenvalue weighted by Crippen LogP contribution is -2.51. The molecule has 1 aromatic carbocycles. The number of phenols is 1. The van der Waals surface area contributed by atoms with Gasteiger partial charge in [0.25, 0.3) is 0 Å². The van der Waals surface area contributed by atoms with Crippen LogP contribution in [0, 0.1) is 0 Å². The SMILES string of the molecule is CCC(CBr)(CBr)NC(=O)Cc1ccccc1O. The molecule has 5 heteroatoms. The fraction of sp³-hybridized carbons (Fsp3) is 0.462. The summed E-state index contributed by atoms with van der Waals surface area (Å²) in [6.07, 6.45) is 1.02. The molecule has 3 nitrogen and oxygen atoms in total. The first-order valence-corrected chi connectivity index (χ1v) is 8.01. The number of phenolic OH excluding ortho intramolecular Hbond substituents is 1. The largest absolute Gasteiger partial charge is 0.508 e. The van der Waals surface area contributed by atoms with E-state index in [1.54, 1.807) is 18.2 Å². The van der Waals surface area contributed by atoms with Gasteiger partial charge in [0.05, 0.1) is 12.0 Å². The van der Waals surface area contributed by atoms with E-state index >= 15 is 0 Å². The van der Waals surface area contributed by atoms with E-state index in [4.69, 9.17) is 0 Å². The molecule has 100 valence electrons. The second kappa shape index (κ2) is 7.14. The van der Waals surface area contributed by atoms with Crippen LogP contribution >= 0.6 is 31.9 Å². The van der Waals surface area contributed by atoms with E-state index in [0.29, 0.717) is 16.2 Å². The topological polar surface area (TPSA) is 49.3 Å². The van der Waals surface area contributed by atoms with Gasteiger partial charge in [0.2, 0.25) is 5.91 Å². The molecule has 0 atom stereocenters. The molecule has 18 heavy (non-hydrogen) atoms. The molecule has 0 aliphatic heterocycles. The summed E-state index contributed by atoms with van der Waals surface area (Å²) in [7, 11) is 0. The number of amides is 1. The van der Waals surface area contributed by atoms with Crippen molar-refractivity contribution < 1.29 is 9.90 Å². The molecular weight excluding hydrogens is 362 g/mol. The molecule has 0 spiro atoms. The van der Waals surface area contributed by atoms with Gasteiger partial charge in [-0.15, -0.1) is 0 Å². The maximum Gasteiger partial charge on any atom is 0.225 e. The Bertz CT molecular complexity index is 397. The monoisotopic (exact) mass is 377 g/mol. The summed E-state index contributed by atoms with van der Waals surface area (Å²) in [6, 6.07) is 6.89. The first kappa shape index (κ1) is 15.5. The zero-order valence-electron chi connectivity index (χ0n) is 10.2. The summed E-state index contributed by atoms with van der Waals surface area (Å²) >= 11 is 6.86. The smallest absolute Gasteiger partial charge is 0.225 e. The summed E-state index contributed by atoms with van der Waals surface area (Å²) in [5, 5.41) is 14.0. The van der Waals surface area contributed by atoms with Gasteiger partial charge < -0.3 is 10.4 Å². The Balaban J connectivity index is 2.70. The Morgan fingerprint density at radius 1 is 1.33 bits per heavy atom. The number of aromatic hydroxyl groups is 1. The van der Waals surface area contributed by atoms with Crippen LogP contribution in [0.5, 0.6) is 5.75 Å². The van der Waals surface area contributed by atoms with Gasteiger partial charge >= 0.3 is 0 Å². The van der Waals surface area contributed by atoms with E-state index in [2.05, 4.69) is 37.2 Å². The van der Waals surface area contributed by atoms with Crippen molar-refractivity contribution in [1.29, 1.82) is 0 Å². The van der Waals surface area contributed by atoms with Crippen molar-refractivity contribution in [2.75, 3.05) is 10.7 Å². The fourth-order valence-corrected chi connectivity index (χ4v) is 3.56. The lowest BCUT2D eigenvalue weighted by Gasteiger charge is -2.30. The van der Waals surface area contributed by atoms with Gasteiger partial charge in [0.1, 0.15) is 5.75 Å². The van der Waals surface area contributed by atoms with Crippen LogP contribution in [0.4, 0.5) is 0 Å². The van der Waals surface area contributed by atoms with Crippen molar-refractivity contribution in [2.45, 2.75) is 25.3 Å². The Kier molecular flexibility index (Phi) is 6.15. The molecule has 0 aliphatic rings. The lowest BCUT2D eigenvalue weighted by atomic mass is 10.0. The number of alkyl halides is 2. The minimum Gasteiger partial charge on any atom is -0.508 e. The molecule has 0 saturated carbocycles. The number of hydrogen-bond acceptors (Lipinski definition) is 2. The normalized spacial score (nSPS) is 11.3. The average Bonchev–Trinajstić information content (AvgIpc) is 2.39. The van der Waals surface area contributed by atoms with E-state index in [1.165, 1.54) is 0 Å². The summed E-state index contributed by atoms with van der Waals surface area (Å²) in [4.78, 5) is 12.0. The number of benzene rings is 1. The highest BCUT2D eigenvalue weighted by molar-refractivity contribution is 9.09. The van der Waals surface area contributed by atoms with Crippen LogP contribution in [0.15, 0.2) is 24.3 Å². The van der Waals surface area contributed by atoms with E-state index in [1.807, 2.05) is 13.0 Å². The van der Waals surface area contributed by atoms with Crippen molar-refractivity contribution in [3.63, 3.8) is 0 Å². The van der Waals surface area contributed by atoms with Crippen molar-refractivity contribution in [3.05, 3.63) is 29.8 Å². The minimum atomic E-state index is -0.276. The second-order valence-electron chi connectivity index (χ2n) is 4.25. The van der Waals surface area contributed by atoms with Gasteiger partial charge in [0.15, 0.2) is 0 Å². The number of nitrogens with one attached hydrogen (secondary N) is 1. The van der Waals surface area contributed by atoms with Crippen LogP contribution in [-0.2, 0) is 11.2 Å². The molecule has 2 N–H and O–H groups in total. The molecule has 0 fully saturated rings. The van der Waals surface area contributed by atoms with Crippen LogP contribution in [0.25, 0.3) is 0 Å². The van der Waals surface area contributed by atoms with E-state index < -0.39 is 0 Å². The Labute approximate surface area is 124 Å². The summed E-state index contributed by atoms with van der Waals surface area (Å²) in [6.45, 7) is 2.03. The first-order chi connectivity index (χ1) is 8.56. The zero-order valence-corrected chi connectivity index (χ0v) is 13.4. The van der Waals surface area contributed by atoms with Crippen molar-refractivity contribution >= 4 is 37.8 Å². The molecule has 0 bridgehead atoms. The Morgan fingerprint density at radius 2 is 1.94 bits per heavy atom. The van der Waals surface area contributed by atoms with Crippen molar-refractivity contribution in [3.8, 4) is 5.75 Å². The summed E-state index contributed by atoms with van der Waals surface area (Å²) in [5.41, 5.74) is 0.366. The van der Waals surface area contributed by atoms with Crippen LogP contribution in [0.3, 0.4) is 0 Å². The molecule has 0 aromatic heterocycles. The van der Waals surface area contributed by atoms with E-state index in [9.17, 15) is 9.90 Å². The molecule has 0 aliphatic carbocycles. The van der Waals surface area contributed by atoms with Crippen LogP contribution in [0.2, 0.25) is 0 Å². The highest BCUT2D eigenvalue weighted by atomic mass is 79.9. The second-order valence-corrected chi connectivity index (χ2v) is 5.38.